The molecule has 4 unspecified atom stereocenters. The van der Waals surface area contributed by atoms with E-state index in [1.54, 1.807) is 5.56 Å². The molecule has 0 saturated heterocycles. The predicted octanol–water partition coefficient (Wildman–Crippen LogP) is 2.37. The zero-order valence-electron chi connectivity index (χ0n) is 10.3. The van der Waals surface area contributed by atoms with E-state index in [1.165, 1.54) is 18.4 Å². The predicted molar refractivity (Wildman–Crippen MR) is 70.4 cm³/mol. The molecule has 0 heterocycles. The second kappa shape index (κ2) is 3.97. The number of hydrazine groups is 1. The average molecular weight is 228 g/mol. The van der Waals surface area contributed by atoms with Crippen molar-refractivity contribution in [3.8, 4) is 0 Å². The highest BCUT2D eigenvalue weighted by Gasteiger charge is 2.56. The van der Waals surface area contributed by atoms with Gasteiger partial charge in [0, 0.05) is 6.04 Å². The van der Waals surface area contributed by atoms with Gasteiger partial charge in [0.25, 0.3) is 0 Å². The molecule has 90 valence electrons. The summed E-state index contributed by atoms with van der Waals surface area (Å²) in [6, 6.07) is 9.14. The van der Waals surface area contributed by atoms with Crippen molar-refractivity contribution >= 4 is 0 Å². The quantitative estimate of drug-likeness (QED) is 0.473. The molecule has 0 radical (unpaired) electrons. The minimum atomic E-state index is 0.274. The van der Waals surface area contributed by atoms with Crippen LogP contribution in [0, 0.1) is 11.8 Å². The molecule has 0 spiro atoms. The lowest BCUT2D eigenvalue weighted by Crippen LogP contribution is -2.38. The molecule has 2 aliphatic carbocycles. The van der Waals surface area contributed by atoms with E-state index in [0.717, 1.165) is 11.5 Å². The van der Waals surface area contributed by atoms with Crippen molar-refractivity contribution in [2.75, 3.05) is 0 Å². The summed E-state index contributed by atoms with van der Waals surface area (Å²) in [5.41, 5.74) is 7.19. The fourth-order valence-electron chi connectivity index (χ4n) is 3.66. The lowest BCUT2D eigenvalue weighted by molar-refractivity contribution is 0.495. The number of rotatable bonds is 3. The summed E-state index contributed by atoms with van der Waals surface area (Å²) < 4.78 is 0. The summed E-state index contributed by atoms with van der Waals surface area (Å²) in [7, 11) is 0. The molecule has 1 aromatic carbocycles. The molecule has 0 aromatic heterocycles. The lowest BCUT2D eigenvalue weighted by atomic mass is 9.92. The van der Waals surface area contributed by atoms with Crippen LogP contribution >= 0.6 is 0 Å². The first-order chi connectivity index (χ1) is 8.24. The molecule has 3 N–H and O–H groups in total. The third-order valence-electron chi connectivity index (χ3n) is 4.49. The highest BCUT2D eigenvalue weighted by atomic mass is 15.2. The molecule has 0 amide bonds. The van der Waals surface area contributed by atoms with E-state index in [2.05, 4.69) is 43.2 Å². The average Bonchev–Trinajstić information content (AvgIpc) is 3.05. The molecule has 1 saturated carbocycles. The second-order valence-electron chi connectivity index (χ2n) is 5.50. The fraction of sp³-hybridized carbons (Fsp3) is 0.467. The van der Waals surface area contributed by atoms with Gasteiger partial charge in [-0.05, 0) is 48.6 Å². The summed E-state index contributed by atoms with van der Waals surface area (Å²) in [5, 5.41) is 0. The van der Waals surface area contributed by atoms with Crippen LogP contribution in [-0.2, 0) is 6.42 Å². The summed E-state index contributed by atoms with van der Waals surface area (Å²) in [6.07, 6.45) is 2.53. The zero-order chi connectivity index (χ0) is 12.0. The number of fused-ring (bicyclic) bond motifs is 3. The Morgan fingerprint density at radius 1 is 1.47 bits per heavy atom. The van der Waals surface area contributed by atoms with Crippen molar-refractivity contribution in [1.29, 1.82) is 0 Å². The van der Waals surface area contributed by atoms with Crippen LogP contribution in [-0.4, -0.2) is 6.04 Å². The number of nitrogens with two attached hydrogens (primary N) is 1. The van der Waals surface area contributed by atoms with Crippen molar-refractivity contribution in [2.45, 2.75) is 31.7 Å². The Balaban J connectivity index is 1.89. The van der Waals surface area contributed by atoms with Gasteiger partial charge in [0.1, 0.15) is 0 Å². The Labute approximate surface area is 103 Å². The molecule has 2 aliphatic rings. The molecule has 3 rings (SSSR count). The van der Waals surface area contributed by atoms with E-state index >= 15 is 0 Å². The van der Waals surface area contributed by atoms with Crippen molar-refractivity contribution in [2.24, 2.45) is 17.7 Å². The Hall–Kier alpha value is -1.12. The van der Waals surface area contributed by atoms with Crippen molar-refractivity contribution < 1.29 is 0 Å². The maximum atomic E-state index is 5.68. The summed E-state index contributed by atoms with van der Waals surface area (Å²) in [6.45, 7) is 6.13. The van der Waals surface area contributed by atoms with Crippen LogP contribution < -0.4 is 11.3 Å². The first-order valence-electron chi connectivity index (χ1n) is 6.43. The van der Waals surface area contributed by atoms with Crippen molar-refractivity contribution in [1.82, 2.24) is 5.43 Å². The topological polar surface area (TPSA) is 38.0 Å². The Kier molecular flexibility index (Phi) is 2.57. The van der Waals surface area contributed by atoms with Crippen LogP contribution in [0.2, 0.25) is 0 Å². The molecule has 4 atom stereocenters. The summed E-state index contributed by atoms with van der Waals surface area (Å²) >= 11 is 0. The van der Waals surface area contributed by atoms with E-state index in [4.69, 9.17) is 5.84 Å². The molecule has 0 bridgehead atoms. The first-order valence-corrected chi connectivity index (χ1v) is 6.43. The van der Waals surface area contributed by atoms with Crippen LogP contribution in [0.3, 0.4) is 0 Å². The molecule has 2 heteroatoms. The third-order valence-corrected chi connectivity index (χ3v) is 4.49. The Bertz CT molecular complexity index is 452. The molecule has 17 heavy (non-hydrogen) atoms. The van der Waals surface area contributed by atoms with Crippen LogP contribution in [0.25, 0.3) is 0 Å². The lowest BCUT2D eigenvalue weighted by Gasteiger charge is -2.16. The maximum Gasteiger partial charge on any atom is 0.0451 e. The van der Waals surface area contributed by atoms with Crippen LogP contribution in [0.5, 0.6) is 0 Å². The van der Waals surface area contributed by atoms with Crippen LogP contribution in [0.1, 0.15) is 30.4 Å². The van der Waals surface area contributed by atoms with Gasteiger partial charge in [-0.2, -0.15) is 0 Å². The molecule has 1 fully saturated rings. The van der Waals surface area contributed by atoms with Crippen molar-refractivity contribution in [3.05, 3.63) is 47.5 Å². The van der Waals surface area contributed by atoms with E-state index in [-0.39, 0.29) is 6.04 Å². The second-order valence-corrected chi connectivity index (χ2v) is 5.50. The van der Waals surface area contributed by atoms with E-state index in [1.807, 2.05) is 0 Å². The summed E-state index contributed by atoms with van der Waals surface area (Å²) in [4.78, 5) is 0. The number of hydrogen-bond donors (Lipinski definition) is 2. The largest absolute Gasteiger partial charge is 0.271 e. The smallest absolute Gasteiger partial charge is 0.0451 e. The normalized spacial score (nSPS) is 31.3. The number of benzene rings is 1. The van der Waals surface area contributed by atoms with Crippen molar-refractivity contribution in [3.63, 3.8) is 0 Å². The fourth-order valence-corrected chi connectivity index (χ4v) is 3.66. The van der Waals surface area contributed by atoms with Gasteiger partial charge in [-0.3, -0.25) is 11.3 Å². The third kappa shape index (κ3) is 1.63. The zero-order valence-corrected chi connectivity index (χ0v) is 10.3. The molecule has 2 nitrogen and oxygen atoms in total. The minimum absolute atomic E-state index is 0.274. The molecule has 1 aromatic rings. The van der Waals surface area contributed by atoms with Crippen LogP contribution in [0.4, 0.5) is 0 Å². The Morgan fingerprint density at radius 2 is 2.24 bits per heavy atom. The standard InChI is InChI=1S/C15H20N2/c1-9(2)15(17-16)14-12-8-7-10-5-3-4-6-11(10)13(12)14/h3-6,12-15,17H,1,7-8,16H2,2H3. The monoisotopic (exact) mass is 228 g/mol. The SMILES string of the molecule is C=C(C)C(NN)C1C2CCc3ccccc3C21. The highest BCUT2D eigenvalue weighted by molar-refractivity contribution is 5.41. The van der Waals surface area contributed by atoms with E-state index < -0.39 is 0 Å². The Morgan fingerprint density at radius 3 is 2.94 bits per heavy atom. The van der Waals surface area contributed by atoms with Gasteiger partial charge in [-0.15, -0.1) is 0 Å². The van der Waals surface area contributed by atoms with Gasteiger partial charge in [-0.25, -0.2) is 0 Å². The van der Waals surface area contributed by atoms with Crippen LogP contribution in [0.15, 0.2) is 36.4 Å². The van der Waals surface area contributed by atoms with Gasteiger partial charge in [-0.1, -0.05) is 36.4 Å². The minimum Gasteiger partial charge on any atom is -0.271 e. The van der Waals surface area contributed by atoms with E-state index in [0.29, 0.717) is 11.8 Å². The van der Waals surface area contributed by atoms with Gasteiger partial charge in [0.05, 0.1) is 0 Å². The molecule has 0 aliphatic heterocycles. The van der Waals surface area contributed by atoms with Gasteiger partial charge >= 0.3 is 0 Å². The van der Waals surface area contributed by atoms with Gasteiger partial charge in [0.15, 0.2) is 0 Å². The maximum absolute atomic E-state index is 5.68. The van der Waals surface area contributed by atoms with Gasteiger partial charge in [0.2, 0.25) is 0 Å². The summed E-state index contributed by atoms with van der Waals surface area (Å²) in [5.74, 6) is 7.85. The first kappa shape index (κ1) is 11.0. The molecular formula is C15H20N2. The molecular weight excluding hydrogens is 208 g/mol. The number of aryl methyl sites for hydroxylation is 1. The highest BCUT2D eigenvalue weighted by Crippen LogP contribution is 2.61. The van der Waals surface area contributed by atoms with E-state index in [9.17, 15) is 0 Å². The number of hydrogen-bond acceptors (Lipinski definition) is 2. The van der Waals surface area contributed by atoms with Gasteiger partial charge < -0.3 is 0 Å². The number of nitrogens with one attached hydrogen (secondary N) is 1.